The van der Waals surface area contributed by atoms with Gasteiger partial charge in [-0.05, 0) is 0 Å². The highest BCUT2D eigenvalue weighted by Gasteiger charge is 2.07. The normalized spacial score (nSPS) is 24.0. The number of nitrogens with one attached hydrogen (secondary N) is 1. The van der Waals surface area contributed by atoms with Gasteiger partial charge in [0.2, 0.25) is 9.92 Å². The number of hydrogen-bond acceptors (Lipinski definition) is 3. The number of piperazine rings is 1. The van der Waals surface area contributed by atoms with Crippen LogP contribution >= 0.6 is 0 Å². The Morgan fingerprint density at radius 1 is 1.44 bits per heavy atom. The quantitative estimate of drug-likeness (QED) is 0.444. The zero-order valence-corrected chi connectivity index (χ0v) is 9.31. The lowest BCUT2D eigenvalue weighted by Gasteiger charge is -2.25. The maximum Gasteiger partial charge on any atom is 0.226 e. The predicted molar refractivity (Wildman–Crippen MR) is 44.0 cm³/mol. The highest BCUT2D eigenvalue weighted by atomic mass is 28.3. The zero-order valence-electron chi connectivity index (χ0n) is 5.89. The smallest absolute Gasteiger partial charge is 0.226 e. The summed E-state index contributed by atoms with van der Waals surface area (Å²) in [6.45, 7) is 4.71. The van der Waals surface area contributed by atoms with Crippen molar-refractivity contribution in [2.45, 2.75) is 0 Å². The van der Waals surface area contributed by atoms with Crippen molar-refractivity contribution >= 4 is 20.4 Å². The Kier molecular flexibility index (Phi) is 3.45. The molecule has 0 aromatic heterocycles. The fraction of sp³-hybridized carbons (Fsp3) is 1.00. The molecule has 0 atom stereocenters. The molecule has 1 N–H and O–H groups in total. The Morgan fingerprint density at radius 3 is 2.67 bits per heavy atom. The van der Waals surface area contributed by atoms with Gasteiger partial charge in [0.05, 0.1) is 0 Å². The third kappa shape index (κ3) is 2.59. The molecule has 0 unspecified atom stereocenters. The molecule has 0 saturated carbocycles. The predicted octanol–water partition coefficient (Wildman–Crippen LogP) is -2.81. The molecule has 1 fully saturated rings. The SMILES string of the molecule is [SiH3]O[SiH2]N1CCNCC1. The molecule has 1 aliphatic rings. The number of hydrogen-bond donors (Lipinski definition) is 1. The second-order valence-electron chi connectivity index (χ2n) is 2.29. The first kappa shape index (κ1) is 7.42. The first-order valence-corrected chi connectivity index (χ1v) is 5.38. The molecule has 0 amide bonds. The number of rotatable bonds is 2. The van der Waals surface area contributed by atoms with Crippen LogP contribution < -0.4 is 5.32 Å². The van der Waals surface area contributed by atoms with Crippen LogP contribution in [-0.4, -0.2) is 51.2 Å². The van der Waals surface area contributed by atoms with Gasteiger partial charge in [0.1, 0.15) is 10.5 Å². The van der Waals surface area contributed by atoms with Crippen molar-refractivity contribution in [3.8, 4) is 0 Å². The van der Waals surface area contributed by atoms with Crippen molar-refractivity contribution in [3.05, 3.63) is 0 Å². The third-order valence-corrected chi connectivity index (χ3v) is 3.55. The van der Waals surface area contributed by atoms with Gasteiger partial charge >= 0.3 is 0 Å². The average molecular weight is 162 g/mol. The Labute approximate surface area is 61.3 Å². The second-order valence-corrected chi connectivity index (χ2v) is 5.75. The van der Waals surface area contributed by atoms with Crippen LogP contribution in [0.3, 0.4) is 0 Å². The van der Waals surface area contributed by atoms with Gasteiger partial charge in [0, 0.05) is 26.2 Å². The minimum Gasteiger partial charge on any atom is -0.457 e. The van der Waals surface area contributed by atoms with Crippen molar-refractivity contribution in [1.29, 1.82) is 0 Å². The highest BCUT2D eigenvalue weighted by molar-refractivity contribution is 6.31. The van der Waals surface area contributed by atoms with E-state index in [4.69, 9.17) is 4.12 Å². The average Bonchev–Trinajstić information content (AvgIpc) is 1.91. The van der Waals surface area contributed by atoms with Crippen molar-refractivity contribution in [1.82, 2.24) is 9.88 Å². The third-order valence-electron chi connectivity index (χ3n) is 1.52. The van der Waals surface area contributed by atoms with Crippen molar-refractivity contribution in [2.24, 2.45) is 0 Å². The van der Waals surface area contributed by atoms with E-state index < -0.39 is 0 Å². The first-order chi connectivity index (χ1) is 4.43. The van der Waals surface area contributed by atoms with Crippen LogP contribution in [0.25, 0.3) is 0 Å². The lowest BCUT2D eigenvalue weighted by atomic mass is 10.4. The van der Waals surface area contributed by atoms with Gasteiger partial charge in [-0.2, -0.15) is 0 Å². The largest absolute Gasteiger partial charge is 0.457 e. The molecule has 0 aromatic rings. The molecule has 0 radical (unpaired) electrons. The van der Waals surface area contributed by atoms with Crippen LogP contribution in [0.4, 0.5) is 0 Å². The standard InChI is InChI=1S/C4H14N2OSi2/c8-7-9-6-3-1-5-2-4-6/h5H,1-4,9H2,8H3. The molecular formula is C4H14N2OSi2. The molecule has 3 nitrogen and oxygen atoms in total. The molecule has 0 spiro atoms. The monoisotopic (exact) mass is 162 g/mol. The van der Waals surface area contributed by atoms with Crippen LogP contribution in [0.5, 0.6) is 0 Å². The molecule has 1 saturated heterocycles. The minimum atomic E-state index is -0.269. The molecule has 9 heavy (non-hydrogen) atoms. The lowest BCUT2D eigenvalue weighted by molar-refractivity contribution is 0.347. The summed E-state index contributed by atoms with van der Waals surface area (Å²) in [6, 6.07) is 0. The van der Waals surface area contributed by atoms with E-state index in [-0.39, 0.29) is 9.92 Å². The summed E-state index contributed by atoms with van der Waals surface area (Å²) < 4.78 is 7.72. The van der Waals surface area contributed by atoms with Crippen LogP contribution in [-0.2, 0) is 4.12 Å². The van der Waals surface area contributed by atoms with E-state index in [1.807, 2.05) is 0 Å². The summed E-state index contributed by atoms with van der Waals surface area (Å²) in [7, 11) is 0.653. The second kappa shape index (κ2) is 4.18. The Hall–Kier alpha value is 0.314. The fourth-order valence-electron chi connectivity index (χ4n) is 1.02. The van der Waals surface area contributed by atoms with Gasteiger partial charge in [-0.3, -0.25) is 0 Å². The van der Waals surface area contributed by atoms with Crippen molar-refractivity contribution in [2.75, 3.05) is 26.2 Å². The summed E-state index contributed by atoms with van der Waals surface area (Å²) in [6.07, 6.45) is 0. The van der Waals surface area contributed by atoms with E-state index in [2.05, 4.69) is 9.88 Å². The Bertz CT molecular complexity index is 74.2. The molecule has 0 aliphatic carbocycles. The molecule has 1 rings (SSSR count). The van der Waals surface area contributed by atoms with Crippen LogP contribution in [0.15, 0.2) is 0 Å². The van der Waals surface area contributed by atoms with Gasteiger partial charge < -0.3 is 14.0 Å². The Balaban J connectivity index is 2.08. The van der Waals surface area contributed by atoms with Gasteiger partial charge in [-0.1, -0.05) is 0 Å². The van der Waals surface area contributed by atoms with E-state index in [0.29, 0.717) is 0 Å². The van der Waals surface area contributed by atoms with E-state index in [1.165, 1.54) is 13.1 Å². The summed E-state index contributed by atoms with van der Waals surface area (Å²) in [5, 5.41) is 3.31. The molecule has 0 bridgehead atoms. The topological polar surface area (TPSA) is 24.5 Å². The number of nitrogens with zero attached hydrogens (tertiary/aromatic N) is 1. The molecule has 5 heteroatoms. The molecule has 1 heterocycles. The zero-order chi connectivity index (χ0) is 6.53. The summed E-state index contributed by atoms with van der Waals surface area (Å²) in [5.41, 5.74) is 0. The first-order valence-electron chi connectivity index (χ1n) is 3.35. The Morgan fingerprint density at radius 2 is 2.11 bits per heavy atom. The van der Waals surface area contributed by atoms with E-state index in [1.54, 1.807) is 0 Å². The van der Waals surface area contributed by atoms with E-state index in [0.717, 1.165) is 23.6 Å². The summed E-state index contributed by atoms with van der Waals surface area (Å²) >= 11 is 0. The maximum atomic E-state index is 5.26. The lowest BCUT2D eigenvalue weighted by Crippen LogP contribution is -2.45. The van der Waals surface area contributed by atoms with Crippen LogP contribution in [0.2, 0.25) is 0 Å². The van der Waals surface area contributed by atoms with Gasteiger partial charge in [-0.15, -0.1) is 0 Å². The summed E-state index contributed by atoms with van der Waals surface area (Å²) in [4.78, 5) is 0. The van der Waals surface area contributed by atoms with Crippen molar-refractivity contribution < 1.29 is 4.12 Å². The van der Waals surface area contributed by atoms with E-state index in [9.17, 15) is 0 Å². The highest BCUT2D eigenvalue weighted by Crippen LogP contribution is 1.87. The van der Waals surface area contributed by atoms with Gasteiger partial charge in [0.15, 0.2) is 0 Å². The minimum absolute atomic E-state index is 0.269. The van der Waals surface area contributed by atoms with Gasteiger partial charge in [0.25, 0.3) is 0 Å². The van der Waals surface area contributed by atoms with Crippen LogP contribution in [0, 0.1) is 0 Å². The molecular weight excluding hydrogens is 148 g/mol. The molecule has 54 valence electrons. The van der Waals surface area contributed by atoms with Crippen LogP contribution in [0.1, 0.15) is 0 Å². The van der Waals surface area contributed by atoms with Gasteiger partial charge in [-0.25, -0.2) is 0 Å². The molecule has 1 aliphatic heterocycles. The fourth-order valence-corrected chi connectivity index (χ4v) is 3.06. The van der Waals surface area contributed by atoms with E-state index >= 15 is 0 Å². The maximum absolute atomic E-state index is 5.26. The molecule has 0 aromatic carbocycles. The van der Waals surface area contributed by atoms with Crippen molar-refractivity contribution in [3.63, 3.8) is 0 Å². The summed E-state index contributed by atoms with van der Waals surface area (Å²) in [5.74, 6) is 0.